The summed E-state index contributed by atoms with van der Waals surface area (Å²) < 4.78 is 16.7. The molecule has 5 heteroatoms. The highest BCUT2D eigenvalue weighted by atomic mass is 16.7. The number of phenols is 1. The molecule has 1 aromatic carbocycles. The van der Waals surface area contributed by atoms with Crippen molar-refractivity contribution in [3.05, 3.63) is 29.8 Å². The van der Waals surface area contributed by atoms with Crippen LogP contribution in [-0.2, 0) is 14.2 Å². The zero-order valence-electron chi connectivity index (χ0n) is 16.2. The highest BCUT2D eigenvalue weighted by molar-refractivity contribution is 5.89. The summed E-state index contributed by atoms with van der Waals surface area (Å²) in [6, 6.07) is 6.01. The molecule has 1 N–H and O–H groups in total. The van der Waals surface area contributed by atoms with Gasteiger partial charge < -0.3 is 19.3 Å². The lowest BCUT2D eigenvalue weighted by Gasteiger charge is -2.18. The summed E-state index contributed by atoms with van der Waals surface area (Å²) in [5, 5.41) is 9.28. The second-order valence-electron chi connectivity index (χ2n) is 6.42. The van der Waals surface area contributed by atoms with E-state index >= 15 is 0 Å². The molecule has 1 unspecified atom stereocenters. The van der Waals surface area contributed by atoms with Gasteiger partial charge in [-0.2, -0.15) is 0 Å². The standard InChI is InChI=1S/C21H34O5/c1-3-5-6-7-15-24-16-8-9-17-25-20(10-4-2)26-21(23)18-11-13-19(22)14-12-18/h11-14,20,22H,3-10,15-17H2,1-2H3. The third-order valence-corrected chi connectivity index (χ3v) is 3.99. The van der Waals surface area contributed by atoms with E-state index in [0.29, 0.717) is 18.6 Å². The number of rotatable bonds is 15. The van der Waals surface area contributed by atoms with Crippen LogP contribution >= 0.6 is 0 Å². The first kappa shape index (κ1) is 22.5. The SMILES string of the molecule is CCCCCCOCCCCOC(CCC)OC(=O)c1ccc(O)cc1. The molecule has 0 heterocycles. The minimum atomic E-state index is -0.531. The van der Waals surface area contributed by atoms with E-state index in [4.69, 9.17) is 14.2 Å². The van der Waals surface area contributed by atoms with Crippen molar-refractivity contribution in [2.45, 2.75) is 71.5 Å². The fourth-order valence-corrected chi connectivity index (χ4v) is 2.45. The van der Waals surface area contributed by atoms with E-state index in [1.54, 1.807) is 12.1 Å². The van der Waals surface area contributed by atoms with Crippen LogP contribution in [0.3, 0.4) is 0 Å². The topological polar surface area (TPSA) is 65.0 Å². The van der Waals surface area contributed by atoms with E-state index in [1.165, 1.54) is 31.4 Å². The molecule has 0 radical (unpaired) electrons. The fraction of sp³-hybridized carbons (Fsp3) is 0.667. The lowest BCUT2D eigenvalue weighted by atomic mass is 10.2. The van der Waals surface area contributed by atoms with Gasteiger partial charge in [-0.1, -0.05) is 39.5 Å². The Balaban J connectivity index is 2.16. The summed E-state index contributed by atoms with van der Waals surface area (Å²) in [5.74, 6) is -0.311. The van der Waals surface area contributed by atoms with Gasteiger partial charge in [-0.25, -0.2) is 4.79 Å². The number of carbonyl (C=O) groups is 1. The molecule has 0 aliphatic rings. The number of unbranched alkanes of at least 4 members (excludes halogenated alkanes) is 4. The predicted molar refractivity (Wildman–Crippen MR) is 102 cm³/mol. The minimum absolute atomic E-state index is 0.121. The van der Waals surface area contributed by atoms with Gasteiger partial charge >= 0.3 is 5.97 Å². The van der Waals surface area contributed by atoms with Crippen LogP contribution in [0.25, 0.3) is 0 Å². The summed E-state index contributed by atoms with van der Waals surface area (Å²) >= 11 is 0. The zero-order valence-corrected chi connectivity index (χ0v) is 16.2. The number of hydrogen-bond acceptors (Lipinski definition) is 5. The van der Waals surface area contributed by atoms with Crippen LogP contribution < -0.4 is 0 Å². The average molecular weight is 366 g/mol. The maximum Gasteiger partial charge on any atom is 0.340 e. The first-order chi connectivity index (χ1) is 12.7. The number of ether oxygens (including phenoxy) is 3. The Morgan fingerprint density at radius 1 is 0.923 bits per heavy atom. The van der Waals surface area contributed by atoms with Crippen molar-refractivity contribution in [2.24, 2.45) is 0 Å². The second kappa shape index (κ2) is 14.6. The van der Waals surface area contributed by atoms with Gasteiger partial charge in [0.15, 0.2) is 0 Å². The Labute approximate surface area is 157 Å². The summed E-state index contributed by atoms with van der Waals surface area (Å²) in [7, 11) is 0. The predicted octanol–water partition coefficient (Wildman–Crippen LogP) is 5.07. The van der Waals surface area contributed by atoms with Gasteiger partial charge in [0, 0.05) is 19.6 Å². The quantitative estimate of drug-likeness (QED) is 0.267. The van der Waals surface area contributed by atoms with Crippen LogP contribution in [0, 0.1) is 0 Å². The van der Waals surface area contributed by atoms with Crippen LogP contribution in [-0.4, -0.2) is 37.2 Å². The number of benzene rings is 1. The summed E-state index contributed by atoms with van der Waals surface area (Å²) in [5.41, 5.74) is 0.406. The molecular formula is C21H34O5. The largest absolute Gasteiger partial charge is 0.508 e. The molecule has 0 spiro atoms. The van der Waals surface area contributed by atoms with Crippen molar-refractivity contribution in [3.8, 4) is 5.75 Å². The number of hydrogen-bond donors (Lipinski definition) is 1. The molecule has 26 heavy (non-hydrogen) atoms. The molecule has 0 saturated carbocycles. The summed E-state index contributed by atoms with van der Waals surface area (Å²) in [4.78, 5) is 12.1. The van der Waals surface area contributed by atoms with Crippen LogP contribution in [0.5, 0.6) is 5.75 Å². The summed E-state index contributed by atoms with van der Waals surface area (Å²) in [6.45, 7) is 6.36. The Hall–Kier alpha value is -1.59. The van der Waals surface area contributed by atoms with Crippen molar-refractivity contribution in [3.63, 3.8) is 0 Å². The first-order valence-electron chi connectivity index (χ1n) is 9.86. The number of aromatic hydroxyl groups is 1. The molecule has 1 atom stereocenters. The maximum atomic E-state index is 12.1. The number of esters is 1. The molecule has 148 valence electrons. The van der Waals surface area contributed by atoms with Gasteiger partial charge in [0.05, 0.1) is 12.2 Å². The molecule has 0 aliphatic heterocycles. The van der Waals surface area contributed by atoms with Gasteiger partial charge in [-0.15, -0.1) is 0 Å². The molecule has 0 amide bonds. The van der Waals surface area contributed by atoms with Crippen molar-refractivity contribution >= 4 is 5.97 Å². The van der Waals surface area contributed by atoms with E-state index in [1.807, 2.05) is 6.92 Å². The van der Waals surface area contributed by atoms with Crippen molar-refractivity contribution in [1.29, 1.82) is 0 Å². The number of carbonyl (C=O) groups excluding carboxylic acids is 1. The molecule has 1 aromatic rings. The normalized spacial score (nSPS) is 12.1. The third kappa shape index (κ3) is 10.4. The Morgan fingerprint density at radius 3 is 2.23 bits per heavy atom. The molecule has 0 fully saturated rings. The Morgan fingerprint density at radius 2 is 1.58 bits per heavy atom. The lowest BCUT2D eigenvalue weighted by molar-refractivity contribution is -0.115. The fourth-order valence-electron chi connectivity index (χ4n) is 2.45. The van der Waals surface area contributed by atoms with Crippen molar-refractivity contribution < 1.29 is 24.1 Å². The van der Waals surface area contributed by atoms with Gasteiger partial charge in [0.1, 0.15) is 5.75 Å². The van der Waals surface area contributed by atoms with Gasteiger partial charge in [0.2, 0.25) is 6.29 Å². The van der Waals surface area contributed by atoms with Crippen LogP contribution in [0.4, 0.5) is 0 Å². The monoisotopic (exact) mass is 366 g/mol. The zero-order chi connectivity index (χ0) is 19.0. The van der Waals surface area contributed by atoms with Crippen LogP contribution in [0.15, 0.2) is 24.3 Å². The van der Waals surface area contributed by atoms with Crippen molar-refractivity contribution in [2.75, 3.05) is 19.8 Å². The highest BCUT2D eigenvalue weighted by Gasteiger charge is 2.15. The molecule has 0 aliphatic carbocycles. The van der Waals surface area contributed by atoms with Crippen LogP contribution in [0.2, 0.25) is 0 Å². The van der Waals surface area contributed by atoms with E-state index in [0.717, 1.165) is 38.9 Å². The summed E-state index contributed by atoms with van der Waals surface area (Å²) in [6.07, 6.45) is 7.72. The van der Waals surface area contributed by atoms with Gasteiger partial charge in [0.25, 0.3) is 0 Å². The molecule has 0 bridgehead atoms. The molecular weight excluding hydrogens is 332 g/mol. The van der Waals surface area contributed by atoms with Gasteiger partial charge in [-0.05, 0) is 43.5 Å². The van der Waals surface area contributed by atoms with E-state index in [9.17, 15) is 9.90 Å². The Kier molecular flexibility index (Phi) is 12.6. The smallest absolute Gasteiger partial charge is 0.340 e. The minimum Gasteiger partial charge on any atom is -0.508 e. The molecule has 0 saturated heterocycles. The maximum absolute atomic E-state index is 12.1. The van der Waals surface area contributed by atoms with E-state index < -0.39 is 12.3 Å². The van der Waals surface area contributed by atoms with Crippen molar-refractivity contribution in [1.82, 2.24) is 0 Å². The van der Waals surface area contributed by atoms with E-state index in [-0.39, 0.29) is 5.75 Å². The lowest BCUT2D eigenvalue weighted by Crippen LogP contribution is -2.22. The second-order valence-corrected chi connectivity index (χ2v) is 6.42. The third-order valence-electron chi connectivity index (χ3n) is 3.99. The van der Waals surface area contributed by atoms with E-state index in [2.05, 4.69) is 6.92 Å². The number of phenolic OH excluding ortho intramolecular Hbond substituents is 1. The molecule has 5 nitrogen and oxygen atoms in total. The average Bonchev–Trinajstić information content (AvgIpc) is 2.63. The van der Waals surface area contributed by atoms with Gasteiger partial charge in [-0.3, -0.25) is 0 Å². The molecule has 0 aromatic heterocycles. The molecule has 1 rings (SSSR count). The highest BCUT2D eigenvalue weighted by Crippen LogP contribution is 2.13. The van der Waals surface area contributed by atoms with Crippen LogP contribution in [0.1, 0.15) is 75.6 Å². The first-order valence-corrected chi connectivity index (χ1v) is 9.86. The Bertz CT molecular complexity index is 472.